The maximum atomic E-state index is 11.1. The van der Waals surface area contributed by atoms with Gasteiger partial charge in [0.15, 0.2) is 0 Å². The summed E-state index contributed by atoms with van der Waals surface area (Å²) in [6.07, 6.45) is 0. The molecule has 0 aliphatic carbocycles. The van der Waals surface area contributed by atoms with Crippen molar-refractivity contribution in [3.8, 4) is 0 Å². The lowest BCUT2D eigenvalue weighted by atomic mass is 9.56. The predicted octanol–water partition coefficient (Wildman–Crippen LogP) is 2.68. The van der Waals surface area contributed by atoms with Crippen LogP contribution in [0.1, 0.15) is 32.3 Å². The zero-order chi connectivity index (χ0) is 11.4. The van der Waals surface area contributed by atoms with E-state index in [4.69, 9.17) is 11.6 Å². The summed E-state index contributed by atoms with van der Waals surface area (Å²) < 4.78 is 0. The lowest BCUT2D eigenvalue weighted by molar-refractivity contribution is -0.110. The van der Waals surface area contributed by atoms with Gasteiger partial charge in [0.2, 0.25) is 7.28 Å². The van der Waals surface area contributed by atoms with Gasteiger partial charge in [-0.25, -0.2) is 4.98 Å². The summed E-state index contributed by atoms with van der Waals surface area (Å²) in [4.78, 5) is 15.3. The van der Waals surface area contributed by atoms with Gasteiger partial charge in [-0.3, -0.25) is 0 Å². The van der Waals surface area contributed by atoms with Crippen LogP contribution in [0.3, 0.4) is 0 Å². The Kier molecular flexibility index (Phi) is 4.34. The Bertz CT molecular complexity index is 354. The first-order valence-electron chi connectivity index (χ1n) is 4.98. The van der Waals surface area contributed by atoms with Crippen molar-refractivity contribution in [2.24, 2.45) is 5.92 Å². The molecule has 1 unspecified atom stereocenters. The molecule has 1 radical (unpaired) electrons. The number of nitrogens with zero attached hydrogens (tertiary/aromatic N) is 1. The van der Waals surface area contributed by atoms with Crippen LogP contribution in [0.15, 0.2) is 18.2 Å². The Hall–Kier alpha value is -0.825. The van der Waals surface area contributed by atoms with Crippen molar-refractivity contribution in [1.82, 2.24) is 4.98 Å². The topological polar surface area (TPSA) is 30.0 Å². The third-order valence-electron chi connectivity index (χ3n) is 2.21. The van der Waals surface area contributed by atoms with Gasteiger partial charge in [-0.2, -0.15) is 0 Å². The van der Waals surface area contributed by atoms with Crippen molar-refractivity contribution in [1.29, 1.82) is 0 Å². The van der Waals surface area contributed by atoms with Gasteiger partial charge in [0.1, 0.15) is 5.15 Å². The molecular formula is C11H14BClNO. The first kappa shape index (κ1) is 12.2. The van der Waals surface area contributed by atoms with Crippen LogP contribution in [-0.4, -0.2) is 17.9 Å². The predicted molar refractivity (Wildman–Crippen MR) is 63.3 cm³/mol. The summed E-state index contributed by atoms with van der Waals surface area (Å²) in [6.45, 7) is 5.68. The van der Waals surface area contributed by atoms with Gasteiger partial charge in [-0.05, 0) is 30.8 Å². The summed E-state index contributed by atoms with van der Waals surface area (Å²) in [5.41, 5.74) is 0.920. The molecule has 1 aromatic rings. The Morgan fingerprint density at radius 3 is 2.60 bits per heavy atom. The number of carbonyl (C=O) groups excluding carboxylic acids is 1. The van der Waals surface area contributed by atoms with Gasteiger partial charge in [0.25, 0.3) is 0 Å². The second kappa shape index (κ2) is 5.31. The van der Waals surface area contributed by atoms with Crippen molar-refractivity contribution in [3.63, 3.8) is 0 Å². The van der Waals surface area contributed by atoms with Crippen LogP contribution in [0.25, 0.3) is 0 Å². The van der Waals surface area contributed by atoms with E-state index >= 15 is 0 Å². The van der Waals surface area contributed by atoms with E-state index < -0.39 is 0 Å². The summed E-state index contributed by atoms with van der Waals surface area (Å²) in [6, 6.07) is 5.49. The van der Waals surface area contributed by atoms with Gasteiger partial charge in [0, 0.05) is 5.69 Å². The number of halogens is 1. The van der Waals surface area contributed by atoms with E-state index in [0.29, 0.717) is 11.1 Å². The first-order valence-corrected chi connectivity index (χ1v) is 5.36. The van der Waals surface area contributed by atoms with Gasteiger partial charge in [0.05, 0.1) is 5.68 Å². The number of hydrogen-bond acceptors (Lipinski definition) is 2. The van der Waals surface area contributed by atoms with Crippen LogP contribution in [0, 0.1) is 5.92 Å². The Balaban J connectivity index is 2.93. The molecule has 15 heavy (non-hydrogen) atoms. The summed E-state index contributed by atoms with van der Waals surface area (Å²) in [5.74, 6) is 0.376. The van der Waals surface area contributed by atoms with Gasteiger partial charge < -0.3 is 4.79 Å². The Morgan fingerprint density at radius 2 is 2.13 bits per heavy atom. The van der Waals surface area contributed by atoms with Crippen molar-refractivity contribution >= 4 is 24.6 Å². The monoisotopic (exact) mass is 222 g/mol. The highest BCUT2D eigenvalue weighted by atomic mass is 35.5. The lowest BCUT2D eigenvalue weighted by Gasteiger charge is -2.18. The molecule has 2 nitrogen and oxygen atoms in total. The summed E-state index contributed by atoms with van der Waals surface area (Å²) in [5, 5.41) is 0.468. The molecule has 0 N–H and O–H groups in total. The molecule has 0 aliphatic heterocycles. The summed E-state index contributed by atoms with van der Waals surface area (Å²) >= 11 is 5.82. The third-order valence-corrected chi connectivity index (χ3v) is 2.42. The molecule has 1 aromatic heterocycles. The number of rotatable bonds is 4. The van der Waals surface area contributed by atoms with E-state index in [1.165, 1.54) is 0 Å². The quantitative estimate of drug-likeness (QED) is 0.579. The molecule has 0 aliphatic rings. The maximum absolute atomic E-state index is 11.1. The van der Waals surface area contributed by atoms with Crippen LogP contribution in [0.2, 0.25) is 5.15 Å². The molecule has 0 aromatic carbocycles. The number of aromatic nitrogens is 1. The average molecular weight is 223 g/mol. The van der Waals surface area contributed by atoms with Crippen molar-refractivity contribution in [3.05, 3.63) is 29.0 Å². The molecule has 1 atom stereocenters. The van der Waals surface area contributed by atoms with Crippen molar-refractivity contribution in [2.45, 2.75) is 26.6 Å². The first-order chi connectivity index (χ1) is 7.00. The van der Waals surface area contributed by atoms with E-state index in [2.05, 4.69) is 18.8 Å². The minimum atomic E-state index is 0.0428. The molecular weight excluding hydrogens is 208 g/mol. The molecule has 0 spiro atoms. The second-order valence-electron chi connectivity index (χ2n) is 3.93. The van der Waals surface area contributed by atoms with Crippen LogP contribution >= 0.6 is 11.6 Å². The average Bonchev–Trinajstić information content (AvgIpc) is 2.13. The SMILES string of the molecule is CC(=O)[B]C(c1cccc(Cl)n1)C(C)C. The molecule has 0 bridgehead atoms. The fourth-order valence-electron chi connectivity index (χ4n) is 1.48. The third kappa shape index (κ3) is 3.67. The normalized spacial score (nSPS) is 12.6. The molecule has 4 heteroatoms. The van der Waals surface area contributed by atoms with Gasteiger partial charge in [-0.1, -0.05) is 31.5 Å². The lowest BCUT2D eigenvalue weighted by Crippen LogP contribution is -2.21. The highest BCUT2D eigenvalue weighted by Gasteiger charge is 2.20. The van der Waals surface area contributed by atoms with Crippen molar-refractivity contribution < 1.29 is 4.79 Å². The molecule has 1 rings (SSSR count). The van der Waals surface area contributed by atoms with E-state index in [1.807, 2.05) is 12.1 Å². The standard InChI is InChI=1S/C11H14BClNO/c1-7(2)11(12-8(3)15)9-5-4-6-10(13)14-9/h4-7,11H,1-3H3. The Labute approximate surface area is 96.3 Å². The van der Waals surface area contributed by atoms with Crippen LogP contribution in [0.5, 0.6) is 0 Å². The fourth-order valence-corrected chi connectivity index (χ4v) is 1.65. The number of hydrogen-bond donors (Lipinski definition) is 0. The number of carbonyl (C=O) groups is 1. The number of pyridine rings is 1. The molecule has 0 saturated carbocycles. The maximum Gasteiger partial charge on any atom is 0.212 e. The van der Waals surface area contributed by atoms with Gasteiger partial charge in [-0.15, -0.1) is 0 Å². The van der Waals surface area contributed by atoms with Crippen molar-refractivity contribution in [2.75, 3.05) is 0 Å². The fraction of sp³-hybridized carbons (Fsp3) is 0.455. The van der Waals surface area contributed by atoms with E-state index in [9.17, 15) is 4.79 Å². The van der Waals surface area contributed by atoms with E-state index in [-0.39, 0.29) is 11.5 Å². The Morgan fingerprint density at radius 1 is 1.47 bits per heavy atom. The van der Waals surface area contributed by atoms with Crippen LogP contribution < -0.4 is 0 Å². The highest BCUT2D eigenvalue weighted by Crippen LogP contribution is 2.22. The van der Waals surface area contributed by atoms with Crippen LogP contribution in [-0.2, 0) is 4.79 Å². The molecule has 1 heterocycles. The summed E-state index contributed by atoms with van der Waals surface area (Å²) in [7, 11) is 1.70. The minimum Gasteiger partial charge on any atom is -0.312 e. The largest absolute Gasteiger partial charge is 0.312 e. The zero-order valence-electron chi connectivity index (χ0n) is 9.20. The molecule has 79 valence electrons. The smallest absolute Gasteiger partial charge is 0.212 e. The molecule has 0 fully saturated rings. The highest BCUT2D eigenvalue weighted by molar-refractivity contribution is 6.74. The van der Waals surface area contributed by atoms with Crippen LogP contribution in [0.4, 0.5) is 0 Å². The van der Waals surface area contributed by atoms with E-state index in [1.54, 1.807) is 20.3 Å². The zero-order valence-corrected chi connectivity index (χ0v) is 9.95. The van der Waals surface area contributed by atoms with Gasteiger partial charge >= 0.3 is 0 Å². The van der Waals surface area contributed by atoms with E-state index in [0.717, 1.165) is 5.69 Å². The molecule has 0 amide bonds. The minimum absolute atomic E-state index is 0.0428. The second-order valence-corrected chi connectivity index (χ2v) is 4.32. The molecule has 0 saturated heterocycles.